The van der Waals surface area contributed by atoms with Gasteiger partial charge in [-0.15, -0.1) is 0 Å². The van der Waals surface area contributed by atoms with Gasteiger partial charge in [-0.25, -0.2) is 9.98 Å². The quantitative estimate of drug-likeness (QED) is 0.694. The third-order valence-corrected chi connectivity index (χ3v) is 3.50. The molecule has 0 unspecified atom stereocenters. The van der Waals surface area contributed by atoms with Crippen molar-refractivity contribution >= 4 is 23.2 Å². The highest BCUT2D eigenvalue weighted by Gasteiger charge is 2.06. The van der Waals surface area contributed by atoms with Crippen LogP contribution in [0.15, 0.2) is 47.5 Å². The predicted octanol–water partition coefficient (Wildman–Crippen LogP) is 3.34. The maximum absolute atomic E-state index is 5.29. The predicted molar refractivity (Wildman–Crippen MR) is 87.5 cm³/mol. The maximum Gasteiger partial charge on any atom is 0.230 e. The van der Waals surface area contributed by atoms with Crippen LogP contribution in [0.25, 0.3) is 11.0 Å². The van der Waals surface area contributed by atoms with Gasteiger partial charge in [0.15, 0.2) is 11.5 Å². The topological polar surface area (TPSA) is 48.6 Å². The van der Waals surface area contributed by atoms with E-state index in [1.54, 1.807) is 20.4 Å². The third-order valence-electron chi connectivity index (χ3n) is 3.50. The molecule has 0 spiro atoms. The van der Waals surface area contributed by atoms with Crippen molar-refractivity contribution in [1.29, 1.82) is 0 Å². The van der Waals surface area contributed by atoms with Crippen LogP contribution in [0.4, 0.5) is 5.95 Å². The number of hydrogen-bond donors (Lipinski definition) is 0. The van der Waals surface area contributed by atoms with E-state index in [-0.39, 0.29) is 0 Å². The molecule has 2 aromatic carbocycles. The minimum atomic E-state index is 0.663. The molecule has 0 N–H and O–H groups in total. The molecule has 0 aliphatic carbocycles. The van der Waals surface area contributed by atoms with E-state index in [0.29, 0.717) is 17.4 Å². The number of imidazole rings is 1. The highest BCUT2D eigenvalue weighted by molar-refractivity contribution is 5.84. The number of rotatable bonds is 4. The normalized spacial score (nSPS) is 11.2. The van der Waals surface area contributed by atoms with Gasteiger partial charge in [-0.3, -0.25) is 0 Å². The number of aliphatic imine (C=N–C) groups is 1. The lowest BCUT2D eigenvalue weighted by molar-refractivity contribution is 0.355. The van der Waals surface area contributed by atoms with Crippen molar-refractivity contribution in [1.82, 2.24) is 9.55 Å². The number of aryl methyl sites for hydroxylation is 1. The van der Waals surface area contributed by atoms with Gasteiger partial charge in [0, 0.05) is 13.3 Å². The van der Waals surface area contributed by atoms with Crippen molar-refractivity contribution in [3.63, 3.8) is 0 Å². The van der Waals surface area contributed by atoms with Crippen LogP contribution in [0.1, 0.15) is 5.56 Å². The van der Waals surface area contributed by atoms with Crippen LogP contribution in [-0.2, 0) is 7.05 Å². The third kappa shape index (κ3) is 2.53. The van der Waals surface area contributed by atoms with Gasteiger partial charge < -0.3 is 14.0 Å². The summed E-state index contributed by atoms with van der Waals surface area (Å²) in [6, 6.07) is 13.6. The van der Waals surface area contributed by atoms with Crippen LogP contribution in [0, 0.1) is 0 Å². The van der Waals surface area contributed by atoms with Gasteiger partial charge >= 0.3 is 0 Å². The lowest BCUT2D eigenvalue weighted by Crippen LogP contribution is -1.92. The van der Waals surface area contributed by atoms with E-state index >= 15 is 0 Å². The van der Waals surface area contributed by atoms with E-state index in [0.717, 1.165) is 16.6 Å². The van der Waals surface area contributed by atoms with Gasteiger partial charge in [0.2, 0.25) is 5.95 Å². The average Bonchev–Trinajstić information content (AvgIpc) is 2.89. The van der Waals surface area contributed by atoms with Gasteiger partial charge in [0.05, 0.1) is 25.3 Å². The largest absolute Gasteiger partial charge is 0.493 e. The first-order chi connectivity index (χ1) is 10.7. The second-order valence-electron chi connectivity index (χ2n) is 4.83. The molecule has 0 fully saturated rings. The summed E-state index contributed by atoms with van der Waals surface area (Å²) in [6.45, 7) is 0. The molecule has 0 aliphatic rings. The Hall–Kier alpha value is -2.82. The molecule has 0 atom stereocenters. The highest BCUT2D eigenvalue weighted by Crippen LogP contribution is 2.27. The summed E-state index contributed by atoms with van der Waals surface area (Å²) >= 11 is 0. The summed E-state index contributed by atoms with van der Waals surface area (Å²) in [6.07, 6.45) is 1.77. The van der Waals surface area contributed by atoms with Gasteiger partial charge in [-0.05, 0) is 35.9 Å². The van der Waals surface area contributed by atoms with Crippen LogP contribution in [0.3, 0.4) is 0 Å². The Morgan fingerprint density at radius 2 is 1.82 bits per heavy atom. The van der Waals surface area contributed by atoms with Crippen molar-refractivity contribution in [3.05, 3.63) is 48.0 Å². The fraction of sp³-hybridized carbons (Fsp3) is 0.176. The molecule has 22 heavy (non-hydrogen) atoms. The van der Waals surface area contributed by atoms with Crippen molar-refractivity contribution in [2.45, 2.75) is 0 Å². The van der Waals surface area contributed by atoms with Gasteiger partial charge in [0.25, 0.3) is 0 Å². The first-order valence-corrected chi connectivity index (χ1v) is 6.90. The number of para-hydroxylation sites is 2. The van der Waals surface area contributed by atoms with E-state index in [2.05, 4.69) is 9.98 Å². The Bertz CT molecular complexity index is 837. The zero-order valence-electron chi connectivity index (χ0n) is 12.8. The zero-order chi connectivity index (χ0) is 15.5. The molecular weight excluding hydrogens is 278 g/mol. The molecule has 5 heteroatoms. The minimum Gasteiger partial charge on any atom is -0.493 e. The van der Waals surface area contributed by atoms with E-state index in [4.69, 9.17) is 9.47 Å². The summed E-state index contributed by atoms with van der Waals surface area (Å²) in [5.74, 6) is 2.04. The molecule has 3 aromatic rings. The zero-order valence-corrected chi connectivity index (χ0v) is 12.8. The molecule has 3 rings (SSSR count). The van der Waals surface area contributed by atoms with Gasteiger partial charge in [-0.2, -0.15) is 0 Å². The molecule has 1 aromatic heterocycles. The Balaban J connectivity index is 1.94. The van der Waals surface area contributed by atoms with E-state index < -0.39 is 0 Å². The van der Waals surface area contributed by atoms with Crippen LogP contribution in [-0.4, -0.2) is 30.0 Å². The van der Waals surface area contributed by atoms with Crippen LogP contribution in [0.5, 0.6) is 11.5 Å². The second-order valence-corrected chi connectivity index (χ2v) is 4.83. The number of methoxy groups -OCH3 is 2. The standard InChI is InChI=1S/C17H17N3O2/c1-20-14-7-5-4-6-13(14)19-17(20)18-11-12-8-9-15(21-2)16(10-12)22-3/h4-11H,1-3H3/b18-11+. The number of nitrogens with zero attached hydrogens (tertiary/aromatic N) is 3. The molecule has 0 saturated carbocycles. The average molecular weight is 295 g/mol. The Kier molecular flexibility index (Phi) is 3.78. The van der Waals surface area contributed by atoms with Crippen LogP contribution < -0.4 is 9.47 Å². The molecule has 5 nitrogen and oxygen atoms in total. The summed E-state index contributed by atoms with van der Waals surface area (Å²) in [5, 5.41) is 0. The highest BCUT2D eigenvalue weighted by atomic mass is 16.5. The first-order valence-electron chi connectivity index (χ1n) is 6.90. The molecule has 112 valence electrons. The minimum absolute atomic E-state index is 0.663. The number of ether oxygens (including phenoxy) is 2. The van der Waals surface area contributed by atoms with E-state index in [9.17, 15) is 0 Å². The maximum atomic E-state index is 5.29. The molecule has 0 radical (unpaired) electrons. The fourth-order valence-electron chi connectivity index (χ4n) is 2.31. The second kappa shape index (κ2) is 5.89. The van der Waals surface area contributed by atoms with Crippen molar-refractivity contribution in [3.8, 4) is 11.5 Å². The van der Waals surface area contributed by atoms with Crippen molar-refractivity contribution < 1.29 is 9.47 Å². The van der Waals surface area contributed by atoms with Gasteiger partial charge in [-0.1, -0.05) is 12.1 Å². The van der Waals surface area contributed by atoms with Crippen LogP contribution >= 0.6 is 0 Å². The molecule has 0 bridgehead atoms. The fourth-order valence-corrected chi connectivity index (χ4v) is 2.31. The molecule has 0 amide bonds. The summed E-state index contributed by atoms with van der Waals surface area (Å²) in [4.78, 5) is 8.99. The number of fused-ring (bicyclic) bond motifs is 1. The van der Waals surface area contributed by atoms with Crippen molar-refractivity contribution in [2.24, 2.45) is 12.0 Å². The number of hydrogen-bond acceptors (Lipinski definition) is 4. The SMILES string of the molecule is COc1ccc(/C=N/c2nc3ccccc3n2C)cc1OC. The molecule has 1 heterocycles. The number of aromatic nitrogens is 2. The molecule has 0 saturated heterocycles. The van der Waals surface area contributed by atoms with E-state index in [1.165, 1.54) is 0 Å². The summed E-state index contributed by atoms with van der Waals surface area (Å²) in [5.41, 5.74) is 2.91. The smallest absolute Gasteiger partial charge is 0.230 e. The van der Waals surface area contributed by atoms with Crippen LogP contribution in [0.2, 0.25) is 0 Å². The monoisotopic (exact) mass is 295 g/mol. The first kappa shape index (κ1) is 14.1. The lowest BCUT2D eigenvalue weighted by atomic mass is 10.2. The molecule has 0 aliphatic heterocycles. The Morgan fingerprint density at radius 1 is 1.05 bits per heavy atom. The van der Waals surface area contributed by atoms with Gasteiger partial charge in [0.1, 0.15) is 0 Å². The summed E-state index contributed by atoms with van der Waals surface area (Å²) in [7, 11) is 5.19. The summed E-state index contributed by atoms with van der Waals surface area (Å²) < 4.78 is 12.5. The number of benzene rings is 2. The lowest BCUT2D eigenvalue weighted by Gasteiger charge is -2.07. The van der Waals surface area contributed by atoms with E-state index in [1.807, 2.05) is 54.1 Å². The van der Waals surface area contributed by atoms with Crippen molar-refractivity contribution in [2.75, 3.05) is 14.2 Å². The Morgan fingerprint density at radius 3 is 2.55 bits per heavy atom. The molecular formula is C17H17N3O2. The Labute approximate surface area is 128 Å².